The van der Waals surface area contributed by atoms with Gasteiger partial charge in [-0.2, -0.15) is 0 Å². The zero-order valence-electron chi connectivity index (χ0n) is 17.7. The Morgan fingerprint density at radius 3 is 2.62 bits per heavy atom. The summed E-state index contributed by atoms with van der Waals surface area (Å²) in [6.07, 6.45) is 2.10. The van der Waals surface area contributed by atoms with Gasteiger partial charge < -0.3 is 9.15 Å². The molecule has 0 spiro atoms. The van der Waals surface area contributed by atoms with Gasteiger partial charge in [-0.25, -0.2) is 18.8 Å². The number of hydrogen-bond acceptors (Lipinski definition) is 6. The Hall–Kier alpha value is -4.23. The molecule has 0 amide bonds. The molecule has 0 saturated heterocycles. The van der Waals surface area contributed by atoms with E-state index in [1.54, 1.807) is 48.5 Å². The molecule has 0 bridgehead atoms. The molecule has 0 aliphatic carbocycles. The van der Waals surface area contributed by atoms with Crippen molar-refractivity contribution in [3.63, 3.8) is 0 Å². The molecule has 34 heavy (non-hydrogen) atoms. The number of aldehydes is 1. The van der Waals surface area contributed by atoms with Gasteiger partial charge in [-0.05, 0) is 72.3 Å². The standard InChI is InChI=1S/C26H17ClFN3O3/c27-31(20-5-7-21(8-6-20)33-15-17-2-1-3-19(28)12-17)26-23-13-18(4-10-24(23)29-16-30-26)25-11-9-22(14-32)34-25/h1-14,16H,15H2. The summed E-state index contributed by atoms with van der Waals surface area (Å²) in [4.78, 5) is 19.6. The molecule has 0 unspecified atom stereocenters. The minimum Gasteiger partial charge on any atom is -0.489 e. The average Bonchev–Trinajstić information content (AvgIpc) is 3.36. The molecule has 0 atom stereocenters. The van der Waals surface area contributed by atoms with Crippen LogP contribution in [0.3, 0.4) is 0 Å². The van der Waals surface area contributed by atoms with E-state index in [1.165, 1.54) is 22.9 Å². The summed E-state index contributed by atoms with van der Waals surface area (Å²) in [7, 11) is 0. The van der Waals surface area contributed by atoms with Gasteiger partial charge in [0.1, 0.15) is 30.3 Å². The van der Waals surface area contributed by atoms with E-state index in [9.17, 15) is 9.18 Å². The molecule has 3 aromatic carbocycles. The first kappa shape index (κ1) is 21.6. The van der Waals surface area contributed by atoms with Gasteiger partial charge in [0.15, 0.2) is 17.9 Å². The second-order valence-electron chi connectivity index (χ2n) is 7.44. The fraction of sp³-hybridized carbons (Fsp3) is 0.0385. The van der Waals surface area contributed by atoms with Crippen molar-refractivity contribution in [1.82, 2.24) is 9.97 Å². The van der Waals surface area contributed by atoms with Crippen molar-refractivity contribution in [2.45, 2.75) is 6.61 Å². The van der Waals surface area contributed by atoms with Crippen LogP contribution in [0.4, 0.5) is 15.9 Å². The van der Waals surface area contributed by atoms with Crippen LogP contribution < -0.4 is 9.16 Å². The molecule has 0 radical (unpaired) electrons. The van der Waals surface area contributed by atoms with Crippen LogP contribution in [-0.4, -0.2) is 16.3 Å². The van der Waals surface area contributed by atoms with Gasteiger partial charge in [0, 0.05) is 22.7 Å². The van der Waals surface area contributed by atoms with Crippen molar-refractivity contribution in [3.8, 4) is 17.1 Å². The fourth-order valence-electron chi connectivity index (χ4n) is 3.51. The molecule has 2 aromatic heterocycles. The van der Waals surface area contributed by atoms with E-state index in [0.717, 1.165) is 11.1 Å². The number of fused-ring (bicyclic) bond motifs is 1. The molecule has 5 aromatic rings. The Bertz CT molecular complexity index is 1470. The molecule has 168 valence electrons. The predicted molar refractivity (Wildman–Crippen MR) is 128 cm³/mol. The van der Waals surface area contributed by atoms with E-state index in [2.05, 4.69) is 9.97 Å². The Labute approximate surface area is 199 Å². The van der Waals surface area contributed by atoms with E-state index >= 15 is 0 Å². The third kappa shape index (κ3) is 4.46. The third-order valence-electron chi connectivity index (χ3n) is 5.19. The zero-order valence-corrected chi connectivity index (χ0v) is 18.4. The molecule has 6 nitrogen and oxygen atoms in total. The van der Waals surface area contributed by atoms with Crippen molar-refractivity contribution >= 4 is 40.5 Å². The fourth-order valence-corrected chi connectivity index (χ4v) is 3.76. The van der Waals surface area contributed by atoms with Crippen molar-refractivity contribution in [3.05, 3.63) is 102 Å². The lowest BCUT2D eigenvalue weighted by atomic mass is 10.1. The lowest BCUT2D eigenvalue weighted by Crippen LogP contribution is -2.05. The topological polar surface area (TPSA) is 68.5 Å². The highest BCUT2D eigenvalue weighted by Gasteiger charge is 2.15. The monoisotopic (exact) mass is 473 g/mol. The number of furan rings is 1. The van der Waals surface area contributed by atoms with Gasteiger partial charge in [0.25, 0.3) is 0 Å². The number of halogens is 2. The molecule has 8 heteroatoms. The number of carbonyl (C=O) groups excluding carboxylic acids is 1. The number of carbonyl (C=O) groups is 1. The molecule has 2 heterocycles. The summed E-state index contributed by atoms with van der Waals surface area (Å²) in [5.74, 6) is 1.62. The van der Waals surface area contributed by atoms with Crippen LogP contribution in [-0.2, 0) is 6.61 Å². The maximum atomic E-state index is 13.3. The summed E-state index contributed by atoms with van der Waals surface area (Å²) in [6.45, 7) is 0.250. The largest absolute Gasteiger partial charge is 0.489 e. The van der Waals surface area contributed by atoms with Crippen LogP contribution >= 0.6 is 11.8 Å². The molecular weight excluding hydrogens is 457 g/mol. The number of rotatable bonds is 7. The minimum absolute atomic E-state index is 0.248. The Kier molecular flexibility index (Phi) is 5.93. The van der Waals surface area contributed by atoms with Gasteiger partial charge >= 0.3 is 0 Å². The quantitative estimate of drug-likeness (QED) is 0.193. The molecule has 5 rings (SSSR count). The maximum Gasteiger partial charge on any atom is 0.185 e. The second-order valence-corrected chi connectivity index (χ2v) is 7.78. The van der Waals surface area contributed by atoms with E-state index in [4.69, 9.17) is 20.9 Å². The van der Waals surface area contributed by atoms with Crippen LogP contribution in [0.15, 0.2) is 89.6 Å². The first-order valence-electron chi connectivity index (χ1n) is 10.3. The highest BCUT2D eigenvalue weighted by atomic mass is 35.5. The Morgan fingerprint density at radius 1 is 1.00 bits per heavy atom. The smallest absolute Gasteiger partial charge is 0.185 e. The average molecular weight is 474 g/mol. The summed E-state index contributed by atoms with van der Waals surface area (Å²) in [5.41, 5.74) is 2.88. The summed E-state index contributed by atoms with van der Waals surface area (Å²) >= 11 is 6.67. The highest BCUT2D eigenvalue weighted by Crippen LogP contribution is 2.34. The number of anilines is 2. The van der Waals surface area contributed by atoms with Gasteiger partial charge in [0.2, 0.25) is 0 Å². The van der Waals surface area contributed by atoms with Gasteiger partial charge in [-0.1, -0.05) is 12.1 Å². The third-order valence-corrected chi connectivity index (χ3v) is 5.54. The molecule has 0 aliphatic rings. The lowest BCUT2D eigenvalue weighted by Gasteiger charge is -2.17. The van der Waals surface area contributed by atoms with Crippen molar-refractivity contribution in [2.75, 3.05) is 4.42 Å². The van der Waals surface area contributed by atoms with Crippen molar-refractivity contribution in [1.29, 1.82) is 0 Å². The minimum atomic E-state index is -0.300. The maximum absolute atomic E-state index is 13.3. The van der Waals surface area contributed by atoms with Gasteiger partial charge in [0.05, 0.1) is 11.2 Å². The Balaban J connectivity index is 1.39. The first-order valence-corrected chi connectivity index (χ1v) is 10.7. The van der Waals surface area contributed by atoms with Crippen LogP contribution in [0.5, 0.6) is 5.75 Å². The number of nitrogens with zero attached hydrogens (tertiary/aromatic N) is 3. The number of aromatic nitrogens is 2. The number of hydrogen-bond donors (Lipinski definition) is 0. The van der Waals surface area contributed by atoms with Crippen LogP contribution in [0.1, 0.15) is 16.1 Å². The normalized spacial score (nSPS) is 10.9. The van der Waals surface area contributed by atoms with Gasteiger partial charge in [-0.15, -0.1) is 0 Å². The van der Waals surface area contributed by atoms with E-state index < -0.39 is 0 Å². The Morgan fingerprint density at radius 2 is 1.85 bits per heavy atom. The number of ether oxygens (including phenoxy) is 1. The van der Waals surface area contributed by atoms with Gasteiger partial charge in [-0.3, -0.25) is 4.79 Å². The molecule has 0 fully saturated rings. The van der Waals surface area contributed by atoms with Crippen molar-refractivity contribution < 1.29 is 18.3 Å². The summed E-state index contributed by atoms with van der Waals surface area (Å²) in [6, 6.07) is 22.3. The van der Waals surface area contributed by atoms with Crippen LogP contribution in [0, 0.1) is 5.82 Å². The van der Waals surface area contributed by atoms with E-state index in [0.29, 0.717) is 40.2 Å². The number of benzene rings is 3. The highest BCUT2D eigenvalue weighted by molar-refractivity contribution is 6.30. The molecule has 0 saturated carbocycles. The van der Waals surface area contributed by atoms with Crippen LogP contribution in [0.25, 0.3) is 22.2 Å². The van der Waals surface area contributed by atoms with Crippen molar-refractivity contribution in [2.24, 2.45) is 0 Å². The molecule has 0 aliphatic heterocycles. The summed E-state index contributed by atoms with van der Waals surface area (Å²) in [5, 5.41) is 0.713. The van der Waals surface area contributed by atoms with E-state index in [-0.39, 0.29) is 18.2 Å². The first-order chi connectivity index (χ1) is 16.6. The summed E-state index contributed by atoms with van der Waals surface area (Å²) < 4.78 is 26.1. The lowest BCUT2D eigenvalue weighted by molar-refractivity contribution is 0.110. The predicted octanol–water partition coefficient (Wildman–Crippen LogP) is 6.71. The van der Waals surface area contributed by atoms with Crippen LogP contribution in [0.2, 0.25) is 0 Å². The second kappa shape index (κ2) is 9.33. The zero-order chi connectivity index (χ0) is 23.5. The SMILES string of the molecule is O=Cc1ccc(-c2ccc3ncnc(N(Cl)c4ccc(OCc5cccc(F)c5)cc4)c3c2)o1. The van der Waals surface area contributed by atoms with E-state index in [1.807, 2.05) is 18.2 Å². The molecule has 0 N–H and O–H groups in total. The molecular formula is C26H17ClFN3O3.